The molecule has 0 spiro atoms. The summed E-state index contributed by atoms with van der Waals surface area (Å²) in [5.41, 5.74) is 0. The summed E-state index contributed by atoms with van der Waals surface area (Å²) in [5, 5.41) is 5.21. The number of piperidine rings is 1. The number of hydrogen-bond acceptors (Lipinski definition) is 4. The predicted molar refractivity (Wildman–Crippen MR) is 86.6 cm³/mol. The minimum absolute atomic E-state index is 0.402. The molecular weight excluding hydrogens is 360 g/mol. The SMILES string of the molecule is CC(C)NCC1CCCN(S(=O)(=O)c2sccc2Br)C1. The maximum atomic E-state index is 12.6. The van der Waals surface area contributed by atoms with E-state index in [-0.39, 0.29) is 0 Å². The molecule has 1 N–H and O–H groups in total. The predicted octanol–water partition coefficient (Wildman–Crippen LogP) is 2.91. The van der Waals surface area contributed by atoms with E-state index in [1.54, 1.807) is 15.8 Å². The van der Waals surface area contributed by atoms with E-state index in [0.29, 0.717) is 33.7 Å². The van der Waals surface area contributed by atoms with Crippen LogP contribution < -0.4 is 5.32 Å². The van der Waals surface area contributed by atoms with Crippen LogP contribution >= 0.6 is 27.3 Å². The van der Waals surface area contributed by atoms with Crippen molar-refractivity contribution >= 4 is 37.3 Å². The molecule has 0 saturated carbocycles. The maximum absolute atomic E-state index is 12.6. The Labute approximate surface area is 133 Å². The number of halogens is 1. The minimum Gasteiger partial charge on any atom is -0.314 e. The van der Waals surface area contributed by atoms with E-state index in [4.69, 9.17) is 0 Å². The quantitative estimate of drug-likeness (QED) is 0.853. The lowest BCUT2D eigenvalue weighted by molar-refractivity contribution is 0.257. The second-order valence-electron chi connectivity index (χ2n) is 5.49. The van der Waals surface area contributed by atoms with Crippen LogP contribution in [0.25, 0.3) is 0 Å². The Morgan fingerprint density at radius 1 is 1.55 bits per heavy atom. The lowest BCUT2D eigenvalue weighted by Gasteiger charge is -2.32. The first kappa shape index (κ1) is 16.4. The zero-order valence-electron chi connectivity index (χ0n) is 11.8. The molecule has 4 nitrogen and oxygen atoms in total. The highest BCUT2D eigenvalue weighted by molar-refractivity contribution is 9.10. The second-order valence-corrected chi connectivity index (χ2v) is 9.39. The first-order valence-corrected chi connectivity index (χ1v) is 9.99. The lowest BCUT2D eigenvalue weighted by Crippen LogP contribution is -2.43. The molecule has 0 aliphatic carbocycles. The van der Waals surface area contributed by atoms with Crippen LogP contribution in [-0.2, 0) is 10.0 Å². The van der Waals surface area contributed by atoms with Gasteiger partial charge < -0.3 is 5.32 Å². The normalized spacial score (nSPS) is 21.5. The van der Waals surface area contributed by atoms with Gasteiger partial charge in [-0.2, -0.15) is 4.31 Å². The molecule has 1 aromatic heterocycles. The number of nitrogens with zero attached hydrogens (tertiary/aromatic N) is 1. The third-order valence-electron chi connectivity index (χ3n) is 3.46. The summed E-state index contributed by atoms with van der Waals surface area (Å²) in [6.45, 7) is 6.35. The zero-order chi connectivity index (χ0) is 14.8. The van der Waals surface area contributed by atoms with E-state index in [1.807, 2.05) is 0 Å². The van der Waals surface area contributed by atoms with Crippen LogP contribution in [0.15, 0.2) is 20.1 Å². The Morgan fingerprint density at radius 2 is 2.30 bits per heavy atom. The van der Waals surface area contributed by atoms with Crippen LogP contribution in [0.2, 0.25) is 0 Å². The number of thiophene rings is 1. The molecule has 0 aromatic carbocycles. The van der Waals surface area contributed by atoms with Crippen molar-refractivity contribution in [2.45, 2.75) is 36.9 Å². The van der Waals surface area contributed by atoms with Crippen LogP contribution in [0.5, 0.6) is 0 Å². The van der Waals surface area contributed by atoms with Crippen LogP contribution in [-0.4, -0.2) is 38.4 Å². The van der Waals surface area contributed by atoms with Gasteiger partial charge >= 0.3 is 0 Å². The molecule has 114 valence electrons. The Morgan fingerprint density at radius 3 is 2.90 bits per heavy atom. The molecular formula is C13H21BrN2O2S2. The van der Waals surface area contributed by atoms with Crippen molar-refractivity contribution in [1.82, 2.24) is 9.62 Å². The van der Waals surface area contributed by atoms with E-state index in [9.17, 15) is 8.42 Å². The molecule has 1 fully saturated rings. The van der Waals surface area contributed by atoms with Gasteiger partial charge in [-0.3, -0.25) is 0 Å². The molecule has 0 bridgehead atoms. The first-order valence-electron chi connectivity index (χ1n) is 6.87. The lowest BCUT2D eigenvalue weighted by atomic mass is 9.99. The van der Waals surface area contributed by atoms with Crippen molar-refractivity contribution in [2.75, 3.05) is 19.6 Å². The molecule has 1 aromatic rings. The van der Waals surface area contributed by atoms with Crippen molar-refractivity contribution in [3.05, 3.63) is 15.9 Å². The van der Waals surface area contributed by atoms with Gasteiger partial charge in [-0.15, -0.1) is 11.3 Å². The molecule has 1 atom stereocenters. The van der Waals surface area contributed by atoms with Gasteiger partial charge in [-0.1, -0.05) is 13.8 Å². The zero-order valence-corrected chi connectivity index (χ0v) is 15.0. The maximum Gasteiger partial charge on any atom is 0.253 e. The summed E-state index contributed by atoms with van der Waals surface area (Å²) in [4.78, 5) is 0. The van der Waals surface area contributed by atoms with Crippen molar-refractivity contribution in [3.8, 4) is 0 Å². The second kappa shape index (κ2) is 6.87. The first-order chi connectivity index (χ1) is 9.41. The molecule has 2 heterocycles. The summed E-state index contributed by atoms with van der Waals surface area (Å²) in [6.07, 6.45) is 2.03. The van der Waals surface area contributed by atoms with Gasteiger partial charge in [0.05, 0.1) is 0 Å². The summed E-state index contributed by atoms with van der Waals surface area (Å²) in [5.74, 6) is 0.402. The minimum atomic E-state index is -3.34. The number of sulfonamides is 1. The van der Waals surface area contributed by atoms with Gasteiger partial charge in [0.1, 0.15) is 4.21 Å². The number of nitrogens with one attached hydrogen (secondary N) is 1. The third-order valence-corrected chi connectivity index (χ3v) is 7.97. The average molecular weight is 381 g/mol. The molecule has 1 aliphatic rings. The highest BCUT2D eigenvalue weighted by Gasteiger charge is 2.32. The van der Waals surface area contributed by atoms with Crippen molar-refractivity contribution in [3.63, 3.8) is 0 Å². The fraction of sp³-hybridized carbons (Fsp3) is 0.692. The van der Waals surface area contributed by atoms with Gasteiger partial charge in [-0.05, 0) is 52.7 Å². The Kier molecular flexibility index (Phi) is 5.64. The van der Waals surface area contributed by atoms with Crippen LogP contribution in [0.1, 0.15) is 26.7 Å². The summed E-state index contributed by atoms with van der Waals surface area (Å²) in [6, 6.07) is 2.23. The molecule has 20 heavy (non-hydrogen) atoms. The number of rotatable bonds is 5. The third kappa shape index (κ3) is 3.82. The monoisotopic (exact) mass is 380 g/mol. The standard InChI is InChI=1S/C13H21BrN2O2S2/c1-10(2)15-8-11-4-3-6-16(9-11)20(17,18)13-12(14)5-7-19-13/h5,7,10-11,15H,3-4,6,8-9H2,1-2H3. The smallest absolute Gasteiger partial charge is 0.253 e. The van der Waals surface area contributed by atoms with Crippen LogP contribution in [0, 0.1) is 5.92 Å². The van der Waals surface area contributed by atoms with Gasteiger partial charge in [0, 0.05) is 23.6 Å². The van der Waals surface area contributed by atoms with E-state index in [0.717, 1.165) is 19.4 Å². The fourth-order valence-corrected chi connectivity index (χ4v) is 6.40. The van der Waals surface area contributed by atoms with Gasteiger partial charge in [0.15, 0.2) is 0 Å². The average Bonchev–Trinajstić information content (AvgIpc) is 2.84. The van der Waals surface area contributed by atoms with E-state index in [1.165, 1.54) is 11.3 Å². The van der Waals surface area contributed by atoms with Crippen molar-refractivity contribution in [2.24, 2.45) is 5.92 Å². The van der Waals surface area contributed by atoms with Gasteiger partial charge in [0.25, 0.3) is 10.0 Å². The summed E-state index contributed by atoms with van der Waals surface area (Å²) < 4.78 is 28.0. The van der Waals surface area contributed by atoms with Crippen LogP contribution in [0.3, 0.4) is 0 Å². The molecule has 0 radical (unpaired) electrons. The molecule has 1 saturated heterocycles. The highest BCUT2D eigenvalue weighted by Crippen LogP contribution is 2.32. The summed E-state index contributed by atoms with van der Waals surface area (Å²) in [7, 11) is -3.34. The molecule has 1 aliphatic heterocycles. The fourth-order valence-electron chi connectivity index (χ4n) is 2.40. The Balaban J connectivity index is 2.07. The van der Waals surface area contributed by atoms with E-state index in [2.05, 4.69) is 35.1 Å². The van der Waals surface area contributed by atoms with E-state index >= 15 is 0 Å². The molecule has 7 heteroatoms. The van der Waals surface area contributed by atoms with Crippen LogP contribution in [0.4, 0.5) is 0 Å². The largest absolute Gasteiger partial charge is 0.314 e. The summed E-state index contributed by atoms with van der Waals surface area (Å²) >= 11 is 4.60. The number of hydrogen-bond donors (Lipinski definition) is 1. The van der Waals surface area contributed by atoms with Gasteiger partial charge in [-0.25, -0.2) is 8.42 Å². The van der Waals surface area contributed by atoms with Gasteiger partial charge in [0.2, 0.25) is 0 Å². The molecule has 0 amide bonds. The molecule has 2 rings (SSSR count). The van der Waals surface area contributed by atoms with E-state index < -0.39 is 10.0 Å². The Bertz CT molecular complexity index is 542. The Hall–Kier alpha value is 0.0500. The van der Waals surface area contributed by atoms with Crippen molar-refractivity contribution < 1.29 is 8.42 Å². The molecule has 1 unspecified atom stereocenters. The highest BCUT2D eigenvalue weighted by atomic mass is 79.9. The topological polar surface area (TPSA) is 49.4 Å². The van der Waals surface area contributed by atoms with Crippen molar-refractivity contribution in [1.29, 1.82) is 0 Å².